The van der Waals surface area contributed by atoms with Crippen LogP contribution in [0.15, 0.2) is 78.9 Å². The number of ether oxygens (including phenoxy) is 1. The normalized spacial score (nSPS) is 12.4. The Kier molecular flexibility index (Phi) is 9.25. The van der Waals surface area contributed by atoms with Crippen LogP contribution in [-0.4, -0.2) is 35.3 Å². The average molecular weight is 568 g/mol. The monoisotopic (exact) mass is 567 g/mol. The molecule has 1 aromatic heterocycles. The smallest absolute Gasteiger partial charge is 0.308 e. The number of unbranched alkanes of at least 4 members (excludes halogenated alkanes) is 2. The Balaban J connectivity index is 2.07. The molecule has 0 radical (unpaired) electrons. The molecule has 0 saturated heterocycles. The van der Waals surface area contributed by atoms with Gasteiger partial charge in [0, 0.05) is 48.8 Å². The molecule has 0 aliphatic carbocycles. The first-order valence-electron chi connectivity index (χ1n) is 14.2. The third-order valence-corrected chi connectivity index (χ3v) is 7.45. The first-order valence-corrected chi connectivity index (χ1v) is 14.2. The largest absolute Gasteiger partial charge is 0.427 e. The summed E-state index contributed by atoms with van der Waals surface area (Å²) in [5.74, 6) is -1.23. The van der Waals surface area contributed by atoms with Gasteiger partial charge in [-0.15, -0.1) is 0 Å². The van der Waals surface area contributed by atoms with Gasteiger partial charge in [0.15, 0.2) is 0 Å². The molecule has 42 heavy (non-hydrogen) atoms. The SMILES string of the molecule is CCCCCC(NC(C)=O)(C(=O)N(C)c1ccccc1)c1c(C)n(C(=O)c2ccccc2)c2ccc(OC(C)=O)cc12. The first kappa shape index (κ1) is 30.2. The Bertz CT molecular complexity index is 1610. The van der Waals surface area contributed by atoms with Gasteiger partial charge in [0.2, 0.25) is 5.91 Å². The Labute approximate surface area is 246 Å². The van der Waals surface area contributed by atoms with Gasteiger partial charge in [-0.05, 0) is 55.8 Å². The zero-order valence-electron chi connectivity index (χ0n) is 24.8. The Hall–Kier alpha value is -4.72. The Morgan fingerprint density at radius 2 is 1.55 bits per heavy atom. The van der Waals surface area contributed by atoms with Crippen LogP contribution in [0.2, 0.25) is 0 Å². The summed E-state index contributed by atoms with van der Waals surface area (Å²) in [6.07, 6.45) is 2.69. The minimum Gasteiger partial charge on any atom is -0.427 e. The van der Waals surface area contributed by atoms with E-state index in [2.05, 4.69) is 12.2 Å². The molecule has 218 valence electrons. The molecule has 8 heteroatoms. The molecule has 3 aromatic carbocycles. The van der Waals surface area contributed by atoms with Crippen LogP contribution in [0, 0.1) is 6.92 Å². The van der Waals surface area contributed by atoms with Crippen LogP contribution in [0.3, 0.4) is 0 Å². The lowest BCUT2D eigenvalue weighted by Crippen LogP contribution is -2.56. The second-order valence-electron chi connectivity index (χ2n) is 10.5. The second-order valence-corrected chi connectivity index (χ2v) is 10.5. The lowest BCUT2D eigenvalue weighted by atomic mass is 9.81. The van der Waals surface area contributed by atoms with E-state index in [1.165, 1.54) is 13.8 Å². The second kappa shape index (κ2) is 12.9. The molecule has 0 saturated carbocycles. The molecular weight excluding hydrogens is 530 g/mol. The molecule has 0 bridgehead atoms. The molecule has 0 fully saturated rings. The molecule has 4 rings (SSSR count). The van der Waals surface area contributed by atoms with Gasteiger partial charge >= 0.3 is 5.97 Å². The molecule has 0 aliphatic rings. The lowest BCUT2D eigenvalue weighted by molar-refractivity contribution is -0.132. The fraction of sp³-hybridized carbons (Fsp3) is 0.294. The number of hydrogen-bond acceptors (Lipinski definition) is 5. The number of nitrogens with zero attached hydrogens (tertiary/aromatic N) is 2. The maximum atomic E-state index is 14.7. The molecule has 8 nitrogen and oxygen atoms in total. The maximum absolute atomic E-state index is 14.7. The van der Waals surface area contributed by atoms with Crippen LogP contribution >= 0.6 is 0 Å². The number of aromatic nitrogens is 1. The highest BCUT2D eigenvalue weighted by Crippen LogP contribution is 2.41. The quantitative estimate of drug-likeness (QED) is 0.141. The lowest BCUT2D eigenvalue weighted by Gasteiger charge is -2.37. The predicted molar refractivity (Wildman–Crippen MR) is 164 cm³/mol. The van der Waals surface area contributed by atoms with Crippen LogP contribution in [-0.2, 0) is 19.9 Å². The van der Waals surface area contributed by atoms with E-state index in [0.29, 0.717) is 46.3 Å². The van der Waals surface area contributed by atoms with E-state index in [9.17, 15) is 19.2 Å². The summed E-state index contributed by atoms with van der Waals surface area (Å²) in [7, 11) is 1.68. The van der Waals surface area contributed by atoms with Gasteiger partial charge in [-0.3, -0.25) is 23.7 Å². The third kappa shape index (κ3) is 5.98. The molecule has 1 heterocycles. The summed E-state index contributed by atoms with van der Waals surface area (Å²) in [4.78, 5) is 55.1. The van der Waals surface area contributed by atoms with E-state index in [-0.39, 0.29) is 23.5 Å². The maximum Gasteiger partial charge on any atom is 0.308 e. The summed E-state index contributed by atoms with van der Waals surface area (Å²) in [5, 5.41) is 3.58. The van der Waals surface area contributed by atoms with Crippen molar-refractivity contribution in [2.24, 2.45) is 0 Å². The molecule has 4 aromatic rings. The fourth-order valence-corrected chi connectivity index (χ4v) is 5.65. The van der Waals surface area contributed by atoms with Crippen LogP contribution in [0.5, 0.6) is 5.75 Å². The number of esters is 1. The van der Waals surface area contributed by atoms with Crippen LogP contribution in [0.1, 0.15) is 68.1 Å². The van der Waals surface area contributed by atoms with E-state index < -0.39 is 11.5 Å². The van der Waals surface area contributed by atoms with E-state index in [0.717, 1.165) is 12.8 Å². The van der Waals surface area contributed by atoms with Gasteiger partial charge in [0.1, 0.15) is 11.3 Å². The highest BCUT2D eigenvalue weighted by Gasteiger charge is 2.46. The standard InChI is InChI=1S/C34H37N3O5/c1-6-7-14-21-34(35-24(3)38,33(41)36(5)27-17-12-9-13-18-27)31-23(2)37(32(40)26-15-10-8-11-16-26)30-20-19-28(22-29(30)31)42-25(4)39/h8-13,15-20,22H,6-7,14,21H2,1-5H3,(H,35,38). The number of benzene rings is 3. The van der Waals surface area contributed by atoms with Gasteiger partial charge in [-0.1, -0.05) is 62.6 Å². The number of carbonyl (C=O) groups excluding carboxylic acids is 4. The zero-order valence-corrected chi connectivity index (χ0v) is 24.8. The number of hydrogen-bond donors (Lipinski definition) is 1. The third-order valence-electron chi connectivity index (χ3n) is 7.45. The van der Waals surface area contributed by atoms with E-state index in [1.807, 2.05) is 36.4 Å². The van der Waals surface area contributed by atoms with Gasteiger partial charge in [0.25, 0.3) is 11.8 Å². The highest BCUT2D eigenvalue weighted by molar-refractivity contribution is 6.09. The van der Waals surface area contributed by atoms with Crippen molar-refractivity contribution in [3.8, 4) is 5.75 Å². The average Bonchev–Trinajstić information content (AvgIpc) is 3.27. The minimum absolute atomic E-state index is 0.273. The Morgan fingerprint density at radius 1 is 0.905 bits per heavy atom. The number of nitrogens with one attached hydrogen (secondary N) is 1. The molecule has 0 spiro atoms. The summed E-state index contributed by atoms with van der Waals surface area (Å²) in [6.45, 7) is 6.55. The Morgan fingerprint density at radius 3 is 2.14 bits per heavy atom. The summed E-state index contributed by atoms with van der Waals surface area (Å²) in [5.41, 5.74) is 1.15. The van der Waals surface area contributed by atoms with Crippen molar-refractivity contribution in [3.63, 3.8) is 0 Å². The molecule has 1 unspecified atom stereocenters. The number of carbonyl (C=O) groups is 4. The van der Waals surface area contributed by atoms with E-state index >= 15 is 0 Å². The first-order chi connectivity index (χ1) is 20.1. The van der Waals surface area contributed by atoms with Gasteiger partial charge in [-0.2, -0.15) is 0 Å². The van der Waals surface area contributed by atoms with Crippen molar-refractivity contribution in [1.29, 1.82) is 0 Å². The van der Waals surface area contributed by atoms with Gasteiger partial charge in [-0.25, -0.2) is 0 Å². The number of rotatable bonds is 10. The number of amides is 2. The van der Waals surface area contributed by atoms with Gasteiger partial charge < -0.3 is 15.0 Å². The van der Waals surface area contributed by atoms with E-state index in [1.54, 1.807) is 65.9 Å². The predicted octanol–water partition coefficient (Wildman–Crippen LogP) is 6.14. The van der Waals surface area contributed by atoms with Crippen LogP contribution in [0.4, 0.5) is 5.69 Å². The van der Waals surface area contributed by atoms with Crippen molar-refractivity contribution in [2.45, 2.75) is 58.9 Å². The fourth-order valence-electron chi connectivity index (χ4n) is 5.65. The summed E-state index contributed by atoms with van der Waals surface area (Å²) < 4.78 is 7.00. The van der Waals surface area contributed by atoms with Crippen molar-refractivity contribution in [2.75, 3.05) is 11.9 Å². The minimum atomic E-state index is -1.52. The highest BCUT2D eigenvalue weighted by atomic mass is 16.5. The molecule has 1 atom stereocenters. The van der Waals surface area contributed by atoms with Crippen LogP contribution < -0.4 is 15.0 Å². The van der Waals surface area contributed by atoms with Crippen molar-refractivity contribution < 1.29 is 23.9 Å². The van der Waals surface area contributed by atoms with Crippen molar-refractivity contribution >= 4 is 40.3 Å². The molecule has 0 aliphatic heterocycles. The summed E-state index contributed by atoms with van der Waals surface area (Å²) >= 11 is 0. The number of fused-ring (bicyclic) bond motifs is 1. The zero-order chi connectivity index (χ0) is 30.4. The molecule has 2 amide bonds. The number of likely N-dealkylation sites (N-methyl/N-ethyl adjacent to an activating group) is 1. The topological polar surface area (TPSA) is 97.7 Å². The van der Waals surface area contributed by atoms with Gasteiger partial charge in [0.05, 0.1) is 5.52 Å². The van der Waals surface area contributed by atoms with Crippen LogP contribution in [0.25, 0.3) is 10.9 Å². The number of para-hydroxylation sites is 1. The number of anilines is 1. The van der Waals surface area contributed by atoms with Crippen molar-refractivity contribution in [3.05, 3.63) is 95.7 Å². The van der Waals surface area contributed by atoms with E-state index in [4.69, 9.17) is 4.74 Å². The molecular formula is C34H37N3O5. The summed E-state index contributed by atoms with van der Waals surface area (Å²) in [6, 6.07) is 23.1. The van der Waals surface area contributed by atoms with Crippen molar-refractivity contribution in [1.82, 2.24) is 9.88 Å². The molecule has 1 N–H and O–H groups in total.